The molecule has 1 N–H and O–H groups in total. The van der Waals surface area contributed by atoms with Crippen molar-refractivity contribution in [3.05, 3.63) is 72.4 Å². The second-order valence-electron chi connectivity index (χ2n) is 7.51. The van der Waals surface area contributed by atoms with Crippen molar-refractivity contribution in [2.75, 3.05) is 18.4 Å². The number of nitrogens with zero attached hydrogens (tertiary/aromatic N) is 2. The zero-order chi connectivity index (χ0) is 20.1. The molecule has 0 unspecified atom stereocenters. The fourth-order valence-corrected chi connectivity index (χ4v) is 3.89. The molecule has 0 radical (unpaired) electrons. The number of aromatic nitrogens is 1. The first-order valence-corrected chi connectivity index (χ1v) is 10.2. The van der Waals surface area contributed by atoms with E-state index < -0.39 is 0 Å². The molecule has 2 heterocycles. The lowest BCUT2D eigenvalue weighted by molar-refractivity contribution is -0.134. The molecule has 148 valence electrons. The fourth-order valence-electron chi connectivity index (χ4n) is 3.89. The number of rotatable bonds is 5. The number of hydrogen-bond donors (Lipinski definition) is 1. The van der Waals surface area contributed by atoms with E-state index in [-0.39, 0.29) is 17.7 Å². The molecule has 1 aliphatic rings. The highest BCUT2D eigenvalue weighted by atomic mass is 16.2. The van der Waals surface area contributed by atoms with Crippen LogP contribution in [0.2, 0.25) is 0 Å². The van der Waals surface area contributed by atoms with Gasteiger partial charge >= 0.3 is 0 Å². The summed E-state index contributed by atoms with van der Waals surface area (Å²) in [6, 6.07) is 19.7. The third-order valence-corrected chi connectivity index (χ3v) is 5.58. The molecule has 2 aromatic carbocycles. The van der Waals surface area contributed by atoms with E-state index in [0.29, 0.717) is 32.4 Å². The molecule has 1 aliphatic heterocycles. The Morgan fingerprint density at radius 1 is 0.966 bits per heavy atom. The van der Waals surface area contributed by atoms with Crippen LogP contribution in [0.3, 0.4) is 0 Å². The van der Waals surface area contributed by atoms with Crippen LogP contribution in [0.25, 0.3) is 10.9 Å². The van der Waals surface area contributed by atoms with E-state index in [1.807, 2.05) is 65.6 Å². The topological polar surface area (TPSA) is 62.3 Å². The maximum Gasteiger partial charge on any atom is 0.227 e. The SMILES string of the molecule is O=C(Nc1cccc2cccnc12)C1CCN(C(=O)CCc2ccccc2)CC1. The number of likely N-dealkylation sites (tertiary alicyclic amines) is 1. The van der Waals surface area contributed by atoms with Gasteiger partial charge in [-0.3, -0.25) is 14.6 Å². The fraction of sp³-hybridized carbons (Fsp3) is 0.292. The number of hydrogen-bond acceptors (Lipinski definition) is 3. The highest BCUT2D eigenvalue weighted by molar-refractivity contribution is 6.01. The Hall–Kier alpha value is -3.21. The average molecular weight is 387 g/mol. The van der Waals surface area contributed by atoms with Crippen LogP contribution in [-0.4, -0.2) is 34.8 Å². The zero-order valence-electron chi connectivity index (χ0n) is 16.4. The van der Waals surface area contributed by atoms with Gasteiger partial charge in [0.05, 0.1) is 11.2 Å². The Balaban J connectivity index is 1.30. The maximum atomic E-state index is 12.8. The molecule has 1 saturated heterocycles. The number of nitrogens with one attached hydrogen (secondary N) is 1. The summed E-state index contributed by atoms with van der Waals surface area (Å²) in [5.41, 5.74) is 2.73. The first kappa shape index (κ1) is 19.1. The molecule has 0 saturated carbocycles. The van der Waals surface area contributed by atoms with Crippen molar-refractivity contribution < 1.29 is 9.59 Å². The van der Waals surface area contributed by atoms with Gasteiger partial charge in [0.15, 0.2) is 0 Å². The second-order valence-corrected chi connectivity index (χ2v) is 7.51. The van der Waals surface area contributed by atoms with Crippen LogP contribution in [0.5, 0.6) is 0 Å². The van der Waals surface area contributed by atoms with E-state index >= 15 is 0 Å². The van der Waals surface area contributed by atoms with Gasteiger partial charge in [-0.25, -0.2) is 0 Å². The molecule has 2 amide bonds. The number of benzene rings is 2. The predicted molar refractivity (Wildman–Crippen MR) is 114 cm³/mol. The van der Waals surface area contributed by atoms with Crippen LogP contribution in [0.15, 0.2) is 66.9 Å². The molecular weight excluding hydrogens is 362 g/mol. The Morgan fingerprint density at radius 3 is 2.52 bits per heavy atom. The lowest BCUT2D eigenvalue weighted by Crippen LogP contribution is -2.41. The number of fused-ring (bicyclic) bond motifs is 1. The third-order valence-electron chi connectivity index (χ3n) is 5.58. The van der Waals surface area contributed by atoms with E-state index in [1.54, 1.807) is 6.20 Å². The molecule has 5 heteroatoms. The summed E-state index contributed by atoms with van der Waals surface area (Å²) in [7, 11) is 0. The maximum absolute atomic E-state index is 12.8. The Labute approximate surface area is 170 Å². The third kappa shape index (κ3) is 4.62. The number of aryl methyl sites for hydroxylation is 1. The van der Waals surface area contributed by atoms with E-state index in [1.165, 1.54) is 5.56 Å². The predicted octanol–water partition coefficient (Wildman–Crippen LogP) is 4.04. The molecule has 1 fully saturated rings. The molecule has 5 nitrogen and oxygen atoms in total. The second kappa shape index (κ2) is 8.86. The molecule has 0 aliphatic carbocycles. The molecular formula is C24H25N3O2. The number of para-hydroxylation sites is 1. The van der Waals surface area contributed by atoms with Crippen molar-refractivity contribution in [2.24, 2.45) is 5.92 Å². The lowest BCUT2D eigenvalue weighted by atomic mass is 9.95. The van der Waals surface area contributed by atoms with Gasteiger partial charge < -0.3 is 10.2 Å². The number of carbonyl (C=O) groups excluding carboxylic acids is 2. The van der Waals surface area contributed by atoms with Crippen LogP contribution in [-0.2, 0) is 16.0 Å². The number of amides is 2. The highest BCUT2D eigenvalue weighted by Gasteiger charge is 2.27. The van der Waals surface area contributed by atoms with Crippen LogP contribution in [0.1, 0.15) is 24.8 Å². The van der Waals surface area contributed by atoms with E-state index in [2.05, 4.69) is 10.3 Å². The average Bonchev–Trinajstić information content (AvgIpc) is 2.78. The Kier molecular flexibility index (Phi) is 5.84. The summed E-state index contributed by atoms with van der Waals surface area (Å²) in [5, 5.41) is 4.04. The standard InChI is InChI=1S/C24H25N3O2/c28-22(12-11-18-6-2-1-3-7-18)27-16-13-20(14-17-27)24(29)26-21-10-4-8-19-9-5-15-25-23(19)21/h1-10,15,20H,11-14,16-17H2,(H,26,29). The van der Waals surface area contributed by atoms with Crippen LogP contribution >= 0.6 is 0 Å². The minimum absolute atomic E-state index is 0.0135. The van der Waals surface area contributed by atoms with Gasteiger partial charge in [0.2, 0.25) is 11.8 Å². The molecule has 29 heavy (non-hydrogen) atoms. The number of pyridine rings is 1. The Bertz CT molecular complexity index is 990. The zero-order valence-corrected chi connectivity index (χ0v) is 16.4. The van der Waals surface area contributed by atoms with Crippen LogP contribution in [0, 0.1) is 5.92 Å². The highest BCUT2D eigenvalue weighted by Crippen LogP contribution is 2.24. The van der Waals surface area contributed by atoms with E-state index in [9.17, 15) is 9.59 Å². The van der Waals surface area contributed by atoms with E-state index in [4.69, 9.17) is 0 Å². The summed E-state index contributed by atoms with van der Waals surface area (Å²) in [6.07, 6.45) is 4.40. The van der Waals surface area contributed by atoms with Gasteiger partial charge in [-0.15, -0.1) is 0 Å². The number of piperidine rings is 1. The van der Waals surface area contributed by atoms with Crippen molar-refractivity contribution in [2.45, 2.75) is 25.7 Å². The molecule has 3 aromatic rings. The molecule has 0 bridgehead atoms. The first-order valence-electron chi connectivity index (χ1n) is 10.2. The summed E-state index contributed by atoms with van der Waals surface area (Å²) in [6.45, 7) is 1.28. The van der Waals surface area contributed by atoms with Crippen molar-refractivity contribution >= 4 is 28.4 Å². The van der Waals surface area contributed by atoms with Gasteiger partial charge in [0.1, 0.15) is 0 Å². The van der Waals surface area contributed by atoms with Crippen molar-refractivity contribution in [1.29, 1.82) is 0 Å². The Morgan fingerprint density at radius 2 is 1.72 bits per heavy atom. The first-order chi connectivity index (χ1) is 14.2. The van der Waals surface area contributed by atoms with Gasteiger partial charge in [-0.2, -0.15) is 0 Å². The van der Waals surface area contributed by atoms with Gasteiger partial charge in [-0.05, 0) is 37.0 Å². The minimum atomic E-state index is -0.0767. The molecule has 0 atom stereocenters. The number of anilines is 1. The smallest absolute Gasteiger partial charge is 0.227 e. The minimum Gasteiger partial charge on any atom is -0.343 e. The summed E-state index contributed by atoms with van der Waals surface area (Å²) in [4.78, 5) is 31.5. The monoisotopic (exact) mass is 387 g/mol. The quantitative estimate of drug-likeness (QED) is 0.719. The number of carbonyl (C=O) groups is 2. The summed E-state index contributed by atoms with van der Waals surface area (Å²) < 4.78 is 0. The molecule has 0 spiro atoms. The van der Waals surface area contributed by atoms with Crippen molar-refractivity contribution in [1.82, 2.24) is 9.88 Å². The van der Waals surface area contributed by atoms with Gasteiger partial charge in [0.25, 0.3) is 0 Å². The lowest BCUT2D eigenvalue weighted by Gasteiger charge is -2.31. The van der Waals surface area contributed by atoms with Crippen LogP contribution < -0.4 is 5.32 Å². The van der Waals surface area contributed by atoms with E-state index in [0.717, 1.165) is 23.0 Å². The van der Waals surface area contributed by atoms with Gasteiger partial charge in [0, 0.05) is 37.0 Å². The largest absolute Gasteiger partial charge is 0.343 e. The summed E-state index contributed by atoms with van der Waals surface area (Å²) in [5.74, 6) is 0.109. The molecule has 1 aromatic heterocycles. The van der Waals surface area contributed by atoms with Gasteiger partial charge in [-0.1, -0.05) is 48.5 Å². The van der Waals surface area contributed by atoms with Crippen LogP contribution in [0.4, 0.5) is 5.69 Å². The normalized spacial score (nSPS) is 14.7. The molecule has 4 rings (SSSR count). The summed E-state index contributed by atoms with van der Waals surface area (Å²) >= 11 is 0. The van der Waals surface area contributed by atoms with Crippen molar-refractivity contribution in [3.8, 4) is 0 Å². The van der Waals surface area contributed by atoms with Crippen molar-refractivity contribution in [3.63, 3.8) is 0 Å².